The van der Waals surface area contributed by atoms with Crippen LogP contribution in [0.1, 0.15) is 160 Å². The fourth-order valence-corrected chi connectivity index (χ4v) is 12.9. The van der Waals surface area contributed by atoms with E-state index in [4.69, 9.17) is 14.6 Å². The molecule has 0 spiro atoms. The van der Waals surface area contributed by atoms with E-state index in [0.29, 0.717) is 44.4 Å². The summed E-state index contributed by atoms with van der Waals surface area (Å²) < 4.78 is 88.9. The summed E-state index contributed by atoms with van der Waals surface area (Å²) in [7, 11) is -5.29. The molecule has 0 aromatic heterocycles. The summed E-state index contributed by atoms with van der Waals surface area (Å²) in [6, 6.07) is 32.2. The second-order valence-corrected chi connectivity index (χ2v) is 26.5. The van der Waals surface area contributed by atoms with Crippen molar-refractivity contribution in [2.45, 2.75) is 198 Å². The predicted octanol–water partition coefficient (Wildman–Crippen LogP) is 13.5. The number of carboxylic acid groups (broad SMARTS) is 1. The maximum atomic E-state index is 13.3. The number of hydrogen-bond acceptors (Lipinski definition) is 10. The van der Waals surface area contributed by atoms with E-state index in [-0.39, 0.29) is 46.1 Å². The molecule has 3 unspecified atom stereocenters. The number of aliphatic carboxylic acids is 1. The Morgan fingerprint density at radius 1 is 0.676 bits per heavy atom. The lowest BCUT2D eigenvalue weighted by atomic mass is 9.48. The molecule has 11 nitrogen and oxygen atoms in total. The molecule has 16 heteroatoms. The fraction of sp³-hybridized carbons (Fsp3) is 0.621. The number of carboxylic acids is 1. The Kier molecular flexibility index (Phi) is 21.1. The van der Waals surface area contributed by atoms with Gasteiger partial charge in [0.25, 0.3) is 0 Å². The SMILES string of the molecule is CCC(C)(C)C(=O)O.CCC(C)(C)C(=O)OC1(C(C)C)CCCC1.CCC(C)(C)C(=O)OC12CC3CC(C1)CC(C(=O)OC(CS(=O)(=O)[O-])C(F)(F)F)(C3)C2.c1ccc([S+](c2ccccc2)c2ccccc2)cc1. The molecule has 4 bridgehead atoms. The number of benzene rings is 3. The van der Waals surface area contributed by atoms with Gasteiger partial charge in [-0.05, 0) is 173 Å². The molecule has 5 aliphatic carbocycles. The Morgan fingerprint density at radius 2 is 1.07 bits per heavy atom. The molecule has 3 aromatic rings. The molecule has 3 atom stereocenters. The van der Waals surface area contributed by atoms with Crippen molar-refractivity contribution in [2.75, 3.05) is 5.75 Å². The third kappa shape index (κ3) is 16.5. The van der Waals surface area contributed by atoms with Crippen LogP contribution in [0.15, 0.2) is 106 Å². The molecule has 0 saturated heterocycles. The van der Waals surface area contributed by atoms with Crippen molar-refractivity contribution >= 4 is 44.9 Å². The van der Waals surface area contributed by atoms with Crippen LogP contribution in [-0.2, 0) is 54.4 Å². The van der Waals surface area contributed by atoms with Gasteiger partial charge in [-0.2, -0.15) is 13.2 Å². The van der Waals surface area contributed by atoms with Crippen molar-refractivity contribution in [1.82, 2.24) is 0 Å². The van der Waals surface area contributed by atoms with Gasteiger partial charge in [-0.25, -0.2) is 8.42 Å². The normalized spacial score (nSPS) is 22.4. The van der Waals surface area contributed by atoms with Gasteiger partial charge in [0.1, 0.15) is 11.2 Å². The summed E-state index contributed by atoms with van der Waals surface area (Å²) in [4.78, 5) is 52.2. The van der Waals surface area contributed by atoms with Gasteiger partial charge in [-0.1, -0.05) is 89.2 Å². The van der Waals surface area contributed by atoms with Gasteiger partial charge in [-0.3, -0.25) is 19.2 Å². The van der Waals surface area contributed by atoms with Gasteiger partial charge < -0.3 is 23.9 Å². The Bertz CT molecular complexity index is 2310. The molecule has 5 aliphatic rings. The predicted molar refractivity (Wildman–Crippen MR) is 280 cm³/mol. The van der Waals surface area contributed by atoms with Gasteiger partial charge >= 0.3 is 30.1 Å². The zero-order valence-electron chi connectivity index (χ0n) is 45.3. The molecule has 412 valence electrons. The number of rotatable bonds is 16. The smallest absolute Gasteiger partial charge is 0.426 e. The van der Waals surface area contributed by atoms with Crippen LogP contribution in [-0.4, -0.2) is 71.2 Å². The molecule has 1 N–H and O–H groups in total. The first-order valence-electron chi connectivity index (χ1n) is 26.1. The lowest BCUT2D eigenvalue weighted by Gasteiger charge is -2.60. The lowest BCUT2D eigenvalue weighted by molar-refractivity contribution is -0.239. The molecular formula is C58H81F3O11S2. The topological polar surface area (TPSA) is 173 Å². The van der Waals surface area contributed by atoms with Crippen LogP contribution in [0.4, 0.5) is 13.2 Å². The number of hydrogen-bond donors (Lipinski definition) is 1. The van der Waals surface area contributed by atoms with Crippen molar-refractivity contribution in [3.05, 3.63) is 91.0 Å². The third-order valence-corrected chi connectivity index (χ3v) is 18.7. The molecule has 0 radical (unpaired) electrons. The average molecular weight is 1080 g/mol. The highest BCUT2D eigenvalue weighted by Crippen LogP contribution is 2.63. The fourth-order valence-electron chi connectivity index (χ4n) is 10.1. The first-order valence-corrected chi connectivity index (χ1v) is 28.9. The Hall–Kier alpha value is -4.41. The van der Waals surface area contributed by atoms with E-state index >= 15 is 0 Å². The first-order chi connectivity index (χ1) is 34.3. The first kappa shape index (κ1) is 62.1. The van der Waals surface area contributed by atoms with Gasteiger partial charge in [0, 0.05) is 6.42 Å². The highest BCUT2D eigenvalue weighted by molar-refractivity contribution is 7.97. The lowest BCUT2D eigenvalue weighted by Crippen LogP contribution is -2.61. The molecule has 0 amide bonds. The number of ether oxygens (including phenoxy) is 3. The van der Waals surface area contributed by atoms with Crippen LogP contribution in [0.2, 0.25) is 0 Å². The molecular weight excluding hydrogens is 994 g/mol. The Morgan fingerprint density at radius 3 is 1.39 bits per heavy atom. The Labute approximate surface area is 441 Å². The minimum absolute atomic E-state index is 0.00100. The zero-order chi connectivity index (χ0) is 55.6. The van der Waals surface area contributed by atoms with E-state index < -0.39 is 67.9 Å². The highest BCUT2D eigenvalue weighted by Gasteiger charge is 2.64. The van der Waals surface area contributed by atoms with E-state index in [9.17, 15) is 45.3 Å². The molecule has 0 heterocycles. The van der Waals surface area contributed by atoms with E-state index in [2.05, 4.69) is 110 Å². The quantitative estimate of drug-likeness (QED) is 0.0626. The summed E-state index contributed by atoms with van der Waals surface area (Å²) >= 11 is 0. The number of halogens is 3. The van der Waals surface area contributed by atoms with Crippen molar-refractivity contribution in [1.29, 1.82) is 0 Å². The van der Waals surface area contributed by atoms with Crippen LogP contribution in [0.25, 0.3) is 0 Å². The minimum Gasteiger partial charge on any atom is -0.748 e. The minimum atomic E-state index is -5.27. The van der Waals surface area contributed by atoms with E-state index in [1.807, 2.05) is 34.6 Å². The molecule has 8 rings (SSSR count). The second-order valence-electron chi connectivity index (χ2n) is 23.1. The van der Waals surface area contributed by atoms with E-state index in [1.54, 1.807) is 27.7 Å². The van der Waals surface area contributed by atoms with E-state index in [1.165, 1.54) is 27.5 Å². The van der Waals surface area contributed by atoms with E-state index in [0.717, 1.165) is 25.7 Å². The second kappa shape index (κ2) is 25.2. The van der Waals surface area contributed by atoms with Crippen molar-refractivity contribution in [3.63, 3.8) is 0 Å². The van der Waals surface area contributed by atoms with Crippen LogP contribution in [0.3, 0.4) is 0 Å². The van der Waals surface area contributed by atoms with Gasteiger partial charge in [0.15, 0.2) is 14.7 Å². The maximum Gasteiger partial charge on any atom is 0.426 e. The van der Waals surface area contributed by atoms with Crippen LogP contribution in [0, 0.1) is 39.4 Å². The average Bonchev–Trinajstić information content (AvgIpc) is 3.81. The zero-order valence-corrected chi connectivity index (χ0v) is 47.0. The van der Waals surface area contributed by atoms with Crippen LogP contribution in [0.5, 0.6) is 0 Å². The number of carbonyl (C=O) groups excluding carboxylic acids is 3. The summed E-state index contributed by atoms with van der Waals surface area (Å²) in [5.74, 6) is -3.76. The summed E-state index contributed by atoms with van der Waals surface area (Å²) in [6.45, 7) is 21.0. The van der Waals surface area contributed by atoms with Crippen LogP contribution < -0.4 is 0 Å². The van der Waals surface area contributed by atoms with Crippen molar-refractivity contribution < 1.29 is 64.6 Å². The van der Waals surface area contributed by atoms with Crippen molar-refractivity contribution in [2.24, 2.45) is 39.4 Å². The molecule has 0 aliphatic heterocycles. The molecule has 5 saturated carbocycles. The van der Waals surface area contributed by atoms with Crippen LogP contribution >= 0.6 is 0 Å². The standard InChI is InChI=1S/C20H29F3O7S.C18H15S.C14H26O2.C6H12O2/c1-4-17(2,3)15(24)30-19-8-12-5-13(9-19)7-18(6-12,11-19)16(25)29-14(20(21,22)23)10-31(26,27)28;1-4-10-16(11-5-1)19(17-12-6-2-7-13-17)18-14-8-3-9-15-18;1-6-13(4,5)12(15)16-14(11(2)3)9-7-8-10-14;1-4-6(2,3)5(7)8/h12-14H,4-11H2,1-3H3,(H,26,27,28);1-15H;11H,6-10H2,1-5H3;4H2,1-3H3,(H,7,8)/q;+1;;/p-1. The maximum absolute atomic E-state index is 13.3. The number of alkyl halides is 3. The van der Waals surface area contributed by atoms with Crippen molar-refractivity contribution in [3.8, 4) is 0 Å². The largest absolute Gasteiger partial charge is 0.748 e. The molecule has 3 aromatic carbocycles. The summed E-state index contributed by atoms with van der Waals surface area (Å²) in [6.07, 6.45) is 0.835. The van der Waals surface area contributed by atoms with Gasteiger partial charge in [-0.15, -0.1) is 0 Å². The number of carbonyl (C=O) groups is 4. The molecule has 74 heavy (non-hydrogen) atoms. The van der Waals surface area contributed by atoms with Gasteiger partial charge in [0.05, 0.1) is 48.4 Å². The summed E-state index contributed by atoms with van der Waals surface area (Å²) in [5, 5.41) is 8.44. The van der Waals surface area contributed by atoms with Gasteiger partial charge in [0.2, 0.25) is 6.10 Å². The monoisotopic (exact) mass is 1070 g/mol. The number of esters is 3. The highest BCUT2D eigenvalue weighted by atomic mass is 32.2. The molecule has 5 fully saturated rings. The Balaban J connectivity index is 0.000000236. The summed E-state index contributed by atoms with van der Waals surface area (Å²) in [5.41, 5.74) is -4.02. The third-order valence-electron chi connectivity index (χ3n) is 15.8.